The van der Waals surface area contributed by atoms with Crippen LogP contribution < -0.4 is 4.57 Å². The maximum atomic E-state index is 12.7. The van der Waals surface area contributed by atoms with Crippen LogP contribution in [0.15, 0.2) is 24.5 Å². The maximum Gasteiger partial charge on any atom is 0.340 e. The summed E-state index contributed by atoms with van der Waals surface area (Å²) in [6.45, 7) is 7.22. The summed E-state index contributed by atoms with van der Waals surface area (Å²) in [5.74, 6) is -0.522. The van der Waals surface area contributed by atoms with Crippen molar-refractivity contribution in [1.82, 2.24) is 4.98 Å². The molecule has 122 valence electrons. The number of aromatic nitrogens is 2. The lowest BCUT2D eigenvalue weighted by Crippen LogP contribution is -2.41. The smallest absolute Gasteiger partial charge is 0.340 e. The van der Waals surface area contributed by atoms with Crippen LogP contribution >= 0.6 is 0 Å². The fourth-order valence-corrected chi connectivity index (χ4v) is 2.57. The zero-order chi connectivity index (χ0) is 17.1. The number of esters is 1. The topological polar surface area (TPSA) is 83.3 Å². The summed E-state index contributed by atoms with van der Waals surface area (Å²) in [7, 11) is 0. The van der Waals surface area contributed by atoms with E-state index < -0.39 is 12.0 Å². The summed E-state index contributed by atoms with van der Waals surface area (Å²) in [6, 6.07) is 2.68. The number of rotatable bonds is 5. The van der Waals surface area contributed by atoms with Gasteiger partial charge >= 0.3 is 5.97 Å². The molecule has 1 atom stereocenters. The number of ether oxygens (including phenoxy) is 1. The Hall–Kier alpha value is -2.63. The predicted octanol–water partition coefficient (Wildman–Crippen LogP) is 2.25. The molecule has 0 saturated carbocycles. The van der Waals surface area contributed by atoms with Gasteiger partial charge in [0, 0.05) is 18.7 Å². The standard InChI is InChI=1S/C17H20N2O4/c1-5-23-17(22)14-10(2)15(18-11(14)3)16(21)12(4)19-8-6-7-13(20)9-19/h6-9,12H,5H2,1-4H3,(H-,18,20,21,22)/p+1/t12-/m1/s1. The van der Waals surface area contributed by atoms with E-state index in [2.05, 4.69) is 4.98 Å². The number of nitrogens with one attached hydrogen (secondary N) is 1. The molecule has 0 aliphatic carbocycles. The van der Waals surface area contributed by atoms with Crippen molar-refractivity contribution in [2.45, 2.75) is 33.7 Å². The minimum Gasteiger partial charge on any atom is -0.503 e. The van der Waals surface area contributed by atoms with E-state index in [0.717, 1.165) is 0 Å². The molecule has 2 aromatic rings. The van der Waals surface area contributed by atoms with Gasteiger partial charge in [0.1, 0.15) is 0 Å². The van der Waals surface area contributed by atoms with E-state index in [1.807, 2.05) is 0 Å². The molecule has 2 heterocycles. The Morgan fingerprint density at radius 2 is 2.09 bits per heavy atom. The number of carbonyl (C=O) groups is 2. The summed E-state index contributed by atoms with van der Waals surface area (Å²) < 4.78 is 6.66. The number of nitrogens with zero attached hydrogens (tertiary/aromatic N) is 1. The number of aromatic amines is 1. The first-order valence-electron chi connectivity index (χ1n) is 7.47. The Labute approximate surface area is 134 Å². The van der Waals surface area contributed by atoms with Gasteiger partial charge in [0.2, 0.25) is 18.0 Å². The van der Waals surface area contributed by atoms with Crippen molar-refractivity contribution in [3.05, 3.63) is 47.0 Å². The van der Waals surface area contributed by atoms with Crippen LogP contribution in [0.1, 0.15) is 52.0 Å². The van der Waals surface area contributed by atoms with Crippen LogP contribution in [-0.2, 0) is 4.74 Å². The van der Waals surface area contributed by atoms with Gasteiger partial charge in [-0.25, -0.2) is 4.79 Å². The third-order valence-electron chi connectivity index (χ3n) is 3.80. The number of carbonyl (C=O) groups excluding carboxylic acids is 2. The zero-order valence-corrected chi connectivity index (χ0v) is 13.7. The number of hydrogen-bond acceptors (Lipinski definition) is 4. The van der Waals surface area contributed by atoms with Crippen molar-refractivity contribution >= 4 is 11.8 Å². The normalized spacial score (nSPS) is 12.0. The van der Waals surface area contributed by atoms with E-state index in [4.69, 9.17) is 4.74 Å². The fourth-order valence-electron chi connectivity index (χ4n) is 2.57. The van der Waals surface area contributed by atoms with Crippen molar-refractivity contribution in [2.24, 2.45) is 0 Å². The predicted molar refractivity (Wildman–Crippen MR) is 83.6 cm³/mol. The van der Waals surface area contributed by atoms with Crippen molar-refractivity contribution < 1.29 is 24.0 Å². The minimum absolute atomic E-state index is 0.0822. The van der Waals surface area contributed by atoms with Crippen LogP contribution in [0.5, 0.6) is 5.75 Å². The molecule has 0 amide bonds. The average Bonchev–Trinajstić information content (AvgIpc) is 2.81. The summed E-state index contributed by atoms with van der Waals surface area (Å²) in [5, 5.41) is 9.55. The third-order valence-corrected chi connectivity index (χ3v) is 3.80. The molecule has 0 fully saturated rings. The number of H-pyrrole nitrogens is 1. The molecule has 23 heavy (non-hydrogen) atoms. The minimum atomic E-state index is -0.520. The van der Waals surface area contributed by atoms with Gasteiger partial charge in [-0.3, -0.25) is 4.79 Å². The van der Waals surface area contributed by atoms with Gasteiger partial charge in [0.15, 0.2) is 11.9 Å². The molecule has 0 radical (unpaired) electrons. The largest absolute Gasteiger partial charge is 0.503 e. The van der Waals surface area contributed by atoms with Gasteiger partial charge in [0.05, 0.1) is 17.9 Å². The van der Waals surface area contributed by atoms with Crippen molar-refractivity contribution in [3.63, 3.8) is 0 Å². The Kier molecular flexibility index (Phi) is 4.83. The van der Waals surface area contributed by atoms with E-state index in [9.17, 15) is 14.7 Å². The van der Waals surface area contributed by atoms with Crippen LogP contribution in [0.3, 0.4) is 0 Å². The number of aryl methyl sites for hydroxylation is 1. The van der Waals surface area contributed by atoms with Gasteiger partial charge < -0.3 is 14.8 Å². The van der Waals surface area contributed by atoms with Crippen molar-refractivity contribution in [3.8, 4) is 5.75 Å². The third kappa shape index (κ3) is 3.26. The molecule has 0 spiro atoms. The van der Waals surface area contributed by atoms with E-state index in [0.29, 0.717) is 22.5 Å². The monoisotopic (exact) mass is 317 g/mol. The summed E-state index contributed by atoms with van der Waals surface area (Å²) in [6.07, 6.45) is 3.19. The van der Waals surface area contributed by atoms with Gasteiger partial charge in [-0.05, 0) is 32.4 Å². The van der Waals surface area contributed by atoms with Crippen LogP contribution in [0.4, 0.5) is 0 Å². The molecular weight excluding hydrogens is 296 g/mol. The SMILES string of the molecule is CCOC(=O)c1c(C)[nH]c(C(=O)[C@@H](C)[n+]2cccc(O)c2)c1C. The molecule has 0 aliphatic rings. The second kappa shape index (κ2) is 6.64. The number of ketones is 1. The molecule has 0 saturated heterocycles. The fraction of sp³-hybridized carbons (Fsp3) is 0.353. The molecule has 2 rings (SSSR count). The van der Waals surface area contributed by atoms with Crippen LogP contribution in [0, 0.1) is 13.8 Å². The number of hydrogen-bond donors (Lipinski definition) is 2. The van der Waals surface area contributed by atoms with E-state index >= 15 is 0 Å². The maximum absolute atomic E-state index is 12.7. The van der Waals surface area contributed by atoms with E-state index in [-0.39, 0.29) is 18.1 Å². The summed E-state index contributed by atoms with van der Waals surface area (Å²) in [5.41, 5.74) is 1.98. The van der Waals surface area contributed by atoms with E-state index in [1.165, 1.54) is 12.3 Å². The summed E-state index contributed by atoms with van der Waals surface area (Å²) in [4.78, 5) is 27.7. The quantitative estimate of drug-likeness (QED) is 0.503. The molecule has 0 aromatic carbocycles. The Bertz CT molecular complexity index is 749. The molecule has 0 bridgehead atoms. The molecule has 6 nitrogen and oxygen atoms in total. The number of pyridine rings is 1. The lowest BCUT2D eigenvalue weighted by atomic mass is 10.0. The molecule has 2 N–H and O–H groups in total. The van der Waals surface area contributed by atoms with Gasteiger partial charge in [0.25, 0.3) is 0 Å². The van der Waals surface area contributed by atoms with Crippen LogP contribution in [0.25, 0.3) is 0 Å². The highest BCUT2D eigenvalue weighted by Gasteiger charge is 2.30. The molecule has 2 aromatic heterocycles. The lowest BCUT2D eigenvalue weighted by molar-refractivity contribution is -0.705. The summed E-state index contributed by atoms with van der Waals surface area (Å²) >= 11 is 0. The van der Waals surface area contributed by atoms with Gasteiger partial charge in [-0.2, -0.15) is 4.57 Å². The highest BCUT2D eigenvalue weighted by Crippen LogP contribution is 2.22. The number of Topliss-reactive ketones (excluding diaryl/α,β-unsaturated/α-hetero) is 1. The van der Waals surface area contributed by atoms with Crippen LogP contribution in [0.2, 0.25) is 0 Å². The molecular formula is C17H21N2O4+. The van der Waals surface area contributed by atoms with Crippen molar-refractivity contribution in [1.29, 1.82) is 0 Å². The van der Waals surface area contributed by atoms with Crippen molar-refractivity contribution in [2.75, 3.05) is 6.61 Å². The average molecular weight is 317 g/mol. The van der Waals surface area contributed by atoms with Gasteiger partial charge in [-0.15, -0.1) is 0 Å². The Balaban J connectivity index is 2.37. The molecule has 6 heteroatoms. The van der Waals surface area contributed by atoms with Crippen LogP contribution in [-0.4, -0.2) is 28.4 Å². The molecule has 0 unspecified atom stereocenters. The number of aromatic hydroxyl groups is 1. The Morgan fingerprint density at radius 1 is 1.39 bits per heavy atom. The van der Waals surface area contributed by atoms with E-state index in [1.54, 1.807) is 44.5 Å². The highest BCUT2D eigenvalue weighted by molar-refractivity contribution is 6.02. The zero-order valence-electron chi connectivity index (χ0n) is 13.7. The molecule has 0 aliphatic heterocycles. The Morgan fingerprint density at radius 3 is 2.70 bits per heavy atom. The lowest BCUT2D eigenvalue weighted by Gasteiger charge is -2.06. The second-order valence-electron chi connectivity index (χ2n) is 5.40. The first-order valence-corrected chi connectivity index (χ1v) is 7.47. The first kappa shape index (κ1) is 16.7. The first-order chi connectivity index (χ1) is 10.9. The second-order valence-corrected chi connectivity index (χ2v) is 5.40. The van der Waals surface area contributed by atoms with Gasteiger partial charge in [-0.1, -0.05) is 0 Å². The highest BCUT2D eigenvalue weighted by atomic mass is 16.5.